The fourth-order valence-corrected chi connectivity index (χ4v) is 4.92. The Bertz CT molecular complexity index is 830. The van der Waals surface area contributed by atoms with Crippen LogP contribution in [0.5, 0.6) is 0 Å². The quantitative estimate of drug-likeness (QED) is 0.594. The van der Waals surface area contributed by atoms with E-state index in [0.717, 1.165) is 12.0 Å². The summed E-state index contributed by atoms with van der Waals surface area (Å²) in [6, 6.07) is 12.8. The molecule has 0 spiro atoms. The Hall–Kier alpha value is -1.57. The Labute approximate surface area is 173 Å². The third-order valence-corrected chi connectivity index (χ3v) is 6.88. The summed E-state index contributed by atoms with van der Waals surface area (Å²) in [5.41, 5.74) is 3.05. The molecule has 1 aliphatic heterocycles. The van der Waals surface area contributed by atoms with Crippen LogP contribution in [0.25, 0.3) is 0 Å². The van der Waals surface area contributed by atoms with Gasteiger partial charge in [-0.05, 0) is 48.2 Å². The molecule has 1 fully saturated rings. The lowest BCUT2D eigenvalue weighted by Gasteiger charge is -2.35. The molecule has 4 N–H and O–H groups in total. The van der Waals surface area contributed by atoms with E-state index in [-0.39, 0.29) is 17.8 Å². The smallest absolute Gasteiger partial charge is 0.257 e. The lowest BCUT2D eigenvalue weighted by atomic mass is 9.98. The van der Waals surface area contributed by atoms with Crippen molar-refractivity contribution >= 4 is 35.0 Å². The number of hydrogen-bond acceptors (Lipinski definition) is 5. The molecule has 28 heavy (non-hydrogen) atoms. The molecule has 1 amide bonds. The molecule has 0 radical (unpaired) electrons. The van der Waals surface area contributed by atoms with Crippen LogP contribution in [-0.2, 0) is 6.42 Å². The van der Waals surface area contributed by atoms with Crippen LogP contribution >= 0.6 is 23.4 Å². The van der Waals surface area contributed by atoms with Gasteiger partial charge in [0.25, 0.3) is 5.91 Å². The lowest BCUT2D eigenvalue weighted by molar-refractivity contribution is -0.000197. The maximum Gasteiger partial charge on any atom is 0.257 e. The van der Waals surface area contributed by atoms with Gasteiger partial charge in [0.2, 0.25) is 0 Å². The van der Waals surface area contributed by atoms with Crippen LogP contribution in [0.1, 0.15) is 40.1 Å². The second kappa shape index (κ2) is 9.29. The minimum Gasteiger partial charge on any atom is -0.395 e. The Balaban J connectivity index is 1.79. The Morgan fingerprint density at radius 2 is 1.93 bits per heavy atom. The summed E-state index contributed by atoms with van der Waals surface area (Å²) < 4.78 is 0. The molecule has 5 nitrogen and oxygen atoms in total. The van der Waals surface area contributed by atoms with Crippen LogP contribution in [0.15, 0.2) is 42.5 Å². The second-order valence-electron chi connectivity index (χ2n) is 6.88. The second-order valence-corrected chi connectivity index (χ2v) is 8.74. The van der Waals surface area contributed by atoms with E-state index in [1.807, 2.05) is 30.3 Å². The average Bonchev–Trinajstić information content (AvgIpc) is 2.70. The van der Waals surface area contributed by atoms with Gasteiger partial charge in [0.15, 0.2) is 0 Å². The van der Waals surface area contributed by atoms with Gasteiger partial charge in [-0.15, -0.1) is 11.8 Å². The van der Waals surface area contributed by atoms with Gasteiger partial charge >= 0.3 is 0 Å². The zero-order valence-corrected chi connectivity index (χ0v) is 17.1. The first-order chi connectivity index (χ1) is 13.4. The number of aryl methyl sites for hydroxylation is 1. The van der Waals surface area contributed by atoms with Crippen LogP contribution in [0, 0.1) is 0 Å². The highest BCUT2D eigenvalue weighted by molar-refractivity contribution is 8.00. The van der Waals surface area contributed by atoms with Gasteiger partial charge in [-0.1, -0.05) is 36.7 Å². The molecule has 0 aromatic heterocycles. The van der Waals surface area contributed by atoms with E-state index in [2.05, 4.69) is 12.2 Å². The molecule has 3 rings (SSSR count). The van der Waals surface area contributed by atoms with Crippen molar-refractivity contribution in [2.45, 2.75) is 42.5 Å². The number of halogens is 1. The minimum atomic E-state index is -0.965. The van der Waals surface area contributed by atoms with E-state index in [1.165, 1.54) is 17.3 Å². The lowest BCUT2D eigenvalue weighted by Crippen LogP contribution is -2.42. The number of rotatable bonds is 5. The van der Waals surface area contributed by atoms with Gasteiger partial charge < -0.3 is 20.6 Å². The molecule has 0 saturated carbocycles. The number of carbonyl (C=O) groups excluding carboxylic acids is 1. The summed E-state index contributed by atoms with van der Waals surface area (Å²) in [6.45, 7) is 1.84. The first-order valence-electron chi connectivity index (χ1n) is 9.25. The van der Waals surface area contributed by atoms with Crippen LogP contribution in [0.4, 0.5) is 5.69 Å². The van der Waals surface area contributed by atoms with E-state index in [4.69, 9.17) is 11.6 Å². The monoisotopic (exact) mass is 421 g/mol. The molecule has 2 aromatic carbocycles. The Morgan fingerprint density at radius 3 is 2.57 bits per heavy atom. The van der Waals surface area contributed by atoms with Gasteiger partial charge in [0.1, 0.15) is 0 Å². The molecule has 2 aromatic rings. The molecule has 0 unspecified atom stereocenters. The van der Waals surface area contributed by atoms with Crippen molar-refractivity contribution in [2.75, 3.05) is 11.9 Å². The van der Waals surface area contributed by atoms with Crippen molar-refractivity contribution in [2.24, 2.45) is 0 Å². The third kappa shape index (κ3) is 4.70. The fraction of sp³-hybridized carbons (Fsp3) is 0.381. The predicted molar refractivity (Wildman–Crippen MR) is 113 cm³/mol. The van der Waals surface area contributed by atoms with Gasteiger partial charge in [-0.25, -0.2) is 0 Å². The first kappa shape index (κ1) is 21.1. The van der Waals surface area contributed by atoms with Crippen molar-refractivity contribution in [1.82, 2.24) is 0 Å². The maximum absolute atomic E-state index is 12.7. The molecule has 4 atom stereocenters. The van der Waals surface area contributed by atoms with Crippen molar-refractivity contribution in [3.63, 3.8) is 0 Å². The zero-order chi connectivity index (χ0) is 20.3. The number of benzene rings is 2. The molecule has 1 aliphatic rings. The number of carbonyl (C=O) groups is 1. The fourth-order valence-electron chi connectivity index (χ4n) is 3.26. The van der Waals surface area contributed by atoms with Crippen molar-refractivity contribution in [1.29, 1.82) is 0 Å². The molecular formula is C21H24ClNO4S. The van der Waals surface area contributed by atoms with Crippen molar-refractivity contribution < 1.29 is 20.1 Å². The standard InChI is InChI=1S/C21H24ClNO4S/c1-2-12-3-6-14(7-4-12)23-21(27)15-9-13(5-8-16(15)22)18-10-17(25)20(26)19(11-24)28-18/h3-9,17-20,24-26H,2,10-11H2,1H3,(H,23,27)/t17-,18-,19-,20+/m1/s1. The molecule has 0 aliphatic carbocycles. The first-order valence-corrected chi connectivity index (χ1v) is 10.6. The number of amides is 1. The summed E-state index contributed by atoms with van der Waals surface area (Å²) in [6.07, 6.45) is -0.624. The highest BCUT2D eigenvalue weighted by Crippen LogP contribution is 2.43. The van der Waals surface area contributed by atoms with Crippen LogP contribution in [-0.4, -0.2) is 45.3 Å². The van der Waals surface area contributed by atoms with E-state index in [1.54, 1.807) is 12.1 Å². The summed E-state index contributed by atoms with van der Waals surface area (Å²) >= 11 is 7.65. The van der Waals surface area contributed by atoms with E-state index >= 15 is 0 Å². The molecular weight excluding hydrogens is 398 g/mol. The number of nitrogens with one attached hydrogen (secondary N) is 1. The number of anilines is 1. The maximum atomic E-state index is 12.7. The summed E-state index contributed by atoms with van der Waals surface area (Å²) in [5, 5.41) is 32.1. The van der Waals surface area contributed by atoms with Gasteiger partial charge in [-0.2, -0.15) is 0 Å². The largest absolute Gasteiger partial charge is 0.395 e. The third-order valence-electron chi connectivity index (χ3n) is 4.98. The SMILES string of the molecule is CCc1ccc(NC(=O)c2cc([C@H]3C[C@@H](O)[C@H](O)[C@@H](CO)S3)ccc2Cl)cc1. The van der Waals surface area contributed by atoms with E-state index in [9.17, 15) is 20.1 Å². The zero-order valence-electron chi connectivity index (χ0n) is 15.5. The summed E-state index contributed by atoms with van der Waals surface area (Å²) in [5.74, 6) is -0.309. The van der Waals surface area contributed by atoms with Crippen molar-refractivity contribution in [3.8, 4) is 0 Å². The van der Waals surface area contributed by atoms with Gasteiger partial charge in [0, 0.05) is 10.9 Å². The normalized spacial score (nSPS) is 24.8. The molecule has 150 valence electrons. The molecule has 7 heteroatoms. The minimum absolute atomic E-state index is 0.150. The molecule has 1 heterocycles. The van der Waals surface area contributed by atoms with Gasteiger partial charge in [-0.3, -0.25) is 4.79 Å². The Kier molecular flexibility index (Phi) is 7.01. The van der Waals surface area contributed by atoms with E-state index in [0.29, 0.717) is 22.7 Å². The predicted octanol–water partition coefficient (Wildman–Crippen LogP) is 3.42. The highest BCUT2D eigenvalue weighted by atomic mass is 35.5. The highest BCUT2D eigenvalue weighted by Gasteiger charge is 2.36. The van der Waals surface area contributed by atoms with Crippen LogP contribution in [0.2, 0.25) is 5.02 Å². The number of aliphatic hydroxyl groups excluding tert-OH is 3. The molecule has 1 saturated heterocycles. The summed E-state index contributed by atoms with van der Waals surface area (Å²) in [7, 11) is 0. The van der Waals surface area contributed by atoms with Gasteiger partial charge in [0.05, 0.1) is 34.7 Å². The van der Waals surface area contributed by atoms with Crippen LogP contribution in [0.3, 0.4) is 0 Å². The van der Waals surface area contributed by atoms with Crippen molar-refractivity contribution in [3.05, 3.63) is 64.2 Å². The Morgan fingerprint density at radius 1 is 1.21 bits per heavy atom. The van der Waals surface area contributed by atoms with E-state index < -0.39 is 17.5 Å². The number of aliphatic hydroxyl groups is 3. The number of hydrogen-bond donors (Lipinski definition) is 4. The topological polar surface area (TPSA) is 89.8 Å². The van der Waals surface area contributed by atoms with Crippen LogP contribution < -0.4 is 5.32 Å². The number of thioether (sulfide) groups is 1. The molecule has 0 bridgehead atoms. The average molecular weight is 422 g/mol. The summed E-state index contributed by atoms with van der Waals surface area (Å²) in [4.78, 5) is 12.7.